The second-order valence-corrected chi connectivity index (χ2v) is 9.66. The molecule has 2 bridgehead atoms. The highest BCUT2D eigenvalue weighted by atomic mass is 16.6. The van der Waals surface area contributed by atoms with Crippen LogP contribution in [0.1, 0.15) is 85.5 Å². The van der Waals surface area contributed by atoms with Crippen LogP contribution < -0.4 is 0 Å². The minimum atomic E-state index is -0.183. The van der Waals surface area contributed by atoms with E-state index in [4.69, 9.17) is 4.74 Å². The van der Waals surface area contributed by atoms with E-state index in [1.807, 2.05) is 0 Å². The molecule has 1 heterocycles. The highest BCUT2D eigenvalue weighted by Gasteiger charge is 2.73. The van der Waals surface area contributed by atoms with Gasteiger partial charge in [-0.3, -0.25) is 4.79 Å². The molecule has 0 unspecified atom stereocenters. The van der Waals surface area contributed by atoms with E-state index in [0.717, 1.165) is 18.8 Å². The van der Waals surface area contributed by atoms with E-state index in [2.05, 4.69) is 27.7 Å². The van der Waals surface area contributed by atoms with E-state index < -0.39 is 0 Å². The fourth-order valence-corrected chi connectivity index (χ4v) is 6.94. The largest absolute Gasteiger partial charge is 0.458 e. The van der Waals surface area contributed by atoms with E-state index in [1.54, 1.807) is 0 Å². The molecular weight excluding hydrogens is 272 g/mol. The monoisotopic (exact) mass is 304 g/mol. The van der Waals surface area contributed by atoms with Gasteiger partial charge in [-0.2, -0.15) is 0 Å². The van der Waals surface area contributed by atoms with Crippen LogP contribution in [-0.4, -0.2) is 11.6 Å². The van der Waals surface area contributed by atoms with Crippen LogP contribution in [0.3, 0.4) is 0 Å². The summed E-state index contributed by atoms with van der Waals surface area (Å²) in [5.74, 6) is 1.35. The molecule has 22 heavy (non-hydrogen) atoms. The summed E-state index contributed by atoms with van der Waals surface area (Å²) in [6.45, 7) is 9.49. The Morgan fingerprint density at radius 2 is 1.86 bits per heavy atom. The van der Waals surface area contributed by atoms with E-state index in [-0.39, 0.29) is 22.4 Å². The molecule has 0 radical (unpaired) electrons. The molecule has 0 amide bonds. The average molecular weight is 304 g/mol. The van der Waals surface area contributed by atoms with Gasteiger partial charge < -0.3 is 4.74 Å². The number of carbonyl (C=O) groups excluding carboxylic acids is 1. The Labute approximate surface area is 135 Å². The van der Waals surface area contributed by atoms with Gasteiger partial charge in [-0.1, -0.05) is 27.2 Å². The summed E-state index contributed by atoms with van der Waals surface area (Å²) in [7, 11) is 0. The third-order valence-corrected chi connectivity index (χ3v) is 8.83. The van der Waals surface area contributed by atoms with Gasteiger partial charge in [0.1, 0.15) is 5.60 Å². The highest BCUT2D eigenvalue weighted by molar-refractivity contribution is 5.81. The number of fused-ring (bicyclic) bond motifs is 1. The first-order valence-corrected chi connectivity index (χ1v) is 9.53. The van der Waals surface area contributed by atoms with Crippen molar-refractivity contribution in [3.8, 4) is 0 Å². The number of esters is 1. The van der Waals surface area contributed by atoms with Crippen LogP contribution in [-0.2, 0) is 9.53 Å². The molecule has 0 spiro atoms. The van der Waals surface area contributed by atoms with Gasteiger partial charge in [0.15, 0.2) is 0 Å². The molecule has 0 N–H and O–H groups in total. The zero-order valence-corrected chi connectivity index (χ0v) is 14.8. The SMILES string of the molecule is CC[C@]1(C)CC[C@]2(C)[C@H](CC[C@@H]3[C@@]24CCC[C@]3(C)C(=O)O4)C1. The van der Waals surface area contributed by atoms with Crippen LogP contribution in [0.25, 0.3) is 0 Å². The van der Waals surface area contributed by atoms with Crippen molar-refractivity contribution in [2.45, 2.75) is 91.1 Å². The topological polar surface area (TPSA) is 26.3 Å². The maximum absolute atomic E-state index is 12.7. The van der Waals surface area contributed by atoms with Crippen LogP contribution in [0, 0.1) is 28.1 Å². The number of rotatable bonds is 1. The second-order valence-electron chi connectivity index (χ2n) is 9.66. The van der Waals surface area contributed by atoms with Crippen molar-refractivity contribution in [1.29, 1.82) is 0 Å². The molecular formula is C20H32O2. The van der Waals surface area contributed by atoms with E-state index >= 15 is 0 Å². The highest BCUT2D eigenvalue weighted by Crippen LogP contribution is 2.71. The van der Waals surface area contributed by atoms with Crippen molar-refractivity contribution < 1.29 is 9.53 Å². The molecule has 4 aliphatic rings. The Kier molecular flexibility index (Phi) is 2.94. The molecule has 0 aromatic carbocycles. The van der Waals surface area contributed by atoms with Gasteiger partial charge in [-0.05, 0) is 69.6 Å². The second kappa shape index (κ2) is 4.30. The molecule has 0 aromatic heterocycles. The van der Waals surface area contributed by atoms with Crippen molar-refractivity contribution in [3.05, 3.63) is 0 Å². The van der Waals surface area contributed by atoms with Crippen LogP contribution in [0.15, 0.2) is 0 Å². The average Bonchev–Trinajstić information content (AvgIpc) is 2.61. The fraction of sp³-hybridized carbons (Fsp3) is 0.950. The Morgan fingerprint density at radius 1 is 1.09 bits per heavy atom. The summed E-state index contributed by atoms with van der Waals surface area (Å²) in [6.07, 6.45) is 11.0. The molecule has 3 saturated carbocycles. The van der Waals surface area contributed by atoms with Crippen LogP contribution >= 0.6 is 0 Å². The molecule has 6 atom stereocenters. The molecule has 4 rings (SSSR count). The zero-order chi connectivity index (χ0) is 15.8. The zero-order valence-electron chi connectivity index (χ0n) is 14.8. The normalized spacial score (nSPS) is 57.0. The molecule has 2 nitrogen and oxygen atoms in total. The summed E-state index contributed by atoms with van der Waals surface area (Å²) >= 11 is 0. The van der Waals surface area contributed by atoms with Gasteiger partial charge in [0.2, 0.25) is 0 Å². The van der Waals surface area contributed by atoms with Crippen molar-refractivity contribution in [2.75, 3.05) is 0 Å². The Hall–Kier alpha value is -0.530. The molecule has 1 saturated heterocycles. The predicted octanol–water partition coefficient (Wildman–Crippen LogP) is 5.10. The van der Waals surface area contributed by atoms with Gasteiger partial charge >= 0.3 is 5.97 Å². The summed E-state index contributed by atoms with van der Waals surface area (Å²) < 4.78 is 6.32. The van der Waals surface area contributed by atoms with Crippen molar-refractivity contribution in [3.63, 3.8) is 0 Å². The predicted molar refractivity (Wildman–Crippen MR) is 87.4 cm³/mol. The number of carbonyl (C=O) groups is 1. The first-order chi connectivity index (χ1) is 10.3. The lowest BCUT2D eigenvalue weighted by atomic mass is 9.42. The van der Waals surface area contributed by atoms with Gasteiger partial charge in [0, 0.05) is 11.3 Å². The number of hydrogen-bond donors (Lipinski definition) is 0. The Morgan fingerprint density at radius 3 is 2.59 bits per heavy atom. The van der Waals surface area contributed by atoms with Crippen LogP contribution in [0.2, 0.25) is 0 Å². The molecule has 4 fully saturated rings. The van der Waals surface area contributed by atoms with Crippen molar-refractivity contribution >= 4 is 5.97 Å². The quantitative estimate of drug-likeness (QED) is 0.630. The van der Waals surface area contributed by atoms with Gasteiger partial charge in [0.05, 0.1) is 5.41 Å². The number of hydrogen-bond acceptors (Lipinski definition) is 2. The molecule has 1 aliphatic heterocycles. The third kappa shape index (κ3) is 1.55. The Bertz CT molecular complexity index is 514. The molecule has 124 valence electrons. The fourth-order valence-electron chi connectivity index (χ4n) is 6.94. The maximum Gasteiger partial charge on any atom is 0.312 e. The minimum Gasteiger partial charge on any atom is -0.458 e. The van der Waals surface area contributed by atoms with Crippen LogP contribution in [0.5, 0.6) is 0 Å². The van der Waals surface area contributed by atoms with E-state index in [9.17, 15) is 4.79 Å². The van der Waals surface area contributed by atoms with Crippen molar-refractivity contribution in [1.82, 2.24) is 0 Å². The lowest BCUT2D eigenvalue weighted by molar-refractivity contribution is -0.205. The summed E-state index contributed by atoms with van der Waals surface area (Å²) in [4.78, 5) is 12.7. The first kappa shape index (κ1) is 15.0. The lowest BCUT2D eigenvalue weighted by Crippen LogP contribution is -2.62. The summed E-state index contributed by atoms with van der Waals surface area (Å²) in [6, 6.07) is 0. The molecule has 0 aromatic rings. The van der Waals surface area contributed by atoms with E-state index in [0.29, 0.717) is 11.3 Å². The number of ether oxygens (including phenoxy) is 1. The Balaban J connectivity index is 1.75. The minimum absolute atomic E-state index is 0.126. The molecule has 2 heteroatoms. The van der Waals surface area contributed by atoms with Gasteiger partial charge in [0.25, 0.3) is 0 Å². The lowest BCUT2D eigenvalue weighted by Gasteiger charge is -2.62. The van der Waals surface area contributed by atoms with Crippen LogP contribution in [0.4, 0.5) is 0 Å². The third-order valence-electron chi connectivity index (χ3n) is 8.83. The van der Waals surface area contributed by atoms with Crippen molar-refractivity contribution in [2.24, 2.45) is 28.1 Å². The standard InChI is InChI=1S/C20H32O2/c1-5-17(2)11-12-19(4)14(13-17)7-8-15-18(3)9-6-10-20(15,19)22-16(18)21/h14-15H,5-13H2,1-4H3/t14-,15+,17-,18+,19-,20+/m1/s1. The summed E-state index contributed by atoms with van der Waals surface area (Å²) in [5, 5.41) is 0. The molecule has 3 aliphatic carbocycles. The van der Waals surface area contributed by atoms with E-state index in [1.165, 1.54) is 44.9 Å². The maximum atomic E-state index is 12.7. The van der Waals surface area contributed by atoms with Gasteiger partial charge in [-0.25, -0.2) is 0 Å². The first-order valence-electron chi connectivity index (χ1n) is 9.53. The smallest absolute Gasteiger partial charge is 0.312 e. The van der Waals surface area contributed by atoms with Gasteiger partial charge in [-0.15, -0.1) is 0 Å². The summed E-state index contributed by atoms with van der Waals surface area (Å²) in [5.41, 5.74) is 0.416.